The normalized spacial score (nSPS) is 18.0. The third kappa shape index (κ3) is 11.7. The fraction of sp³-hybridized carbons (Fsp3) is 0.576. The standard InChI is InChI=1S/C33H50N6O4S.H2S/c1-23(2)18-39(19-25-12-13-26-31(17-25)44-32(35-26)34-14-15-37(3)4)20-29(40)27(16-24-10-8-7-9-11-24)36-33(41)43-30-22-42-21-28(30)38(5)6;/h7-13,17,23,27-30,40H,14-16,18-22H2,1-6H3,(H,34,35)(H,36,41);1H2. The molecule has 0 bridgehead atoms. The zero-order valence-electron chi connectivity index (χ0n) is 27.5. The molecule has 1 fully saturated rings. The molecule has 2 aromatic carbocycles. The van der Waals surface area contributed by atoms with Crippen molar-refractivity contribution in [2.45, 2.75) is 51.1 Å². The smallest absolute Gasteiger partial charge is 0.407 e. The van der Waals surface area contributed by atoms with E-state index >= 15 is 0 Å². The zero-order chi connectivity index (χ0) is 31.6. The van der Waals surface area contributed by atoms with E-state index in [4.69, 9.17) is 14.5 Å². The highest BCUT2D eigenvalue weighted by atomic mass is 32.1. The highest BCUT2D eigenvalue weighted by Crippen LogP contribution is 2.27. The SMILES string of the molecule is CC(C)CN(Cc1ccc2nc(NCCN(C)C)sc2c1)CC(O)C(Cc1ccccc1)NC(=O)OC1COCC1N(C)C.S. The predicted octanol–water partition coefficient (Wildman–Crippen LogP) is 3.87. The highest BCUT2D eigenvalue weighted by molar-refractivity contribution is 7.59. The first kappa shape index (κ1) is 37.0. The van der Waals surface area contributed by atoms with Crippen LogP contribution in [0.1, 0.15) is 25.0 Å². The Kier molecular flexibility index (Phi) is 14.8. The summed E-state index contributed by atoms with van der Waals surface area (Å²) in [5, 5.41) is 19.0. The second-order valence-corrected chi connectivity index (χ2v) is 13.7. The number of aromatic nitrogens is 1. The number of rotatable bonds is 16. The van der Waals surface area contributed by atoms with Gasteiger partial charge in [-0.1, -0.05) is 61.6 Å². The van der Waals surface area contributed by atoms with E-state index in [1.54, 1.807) is 11.3 Å². The van der Waals surface area contributed by atoms with Crippen molar-refractivity contribution >= 4 is 46.3 Å². The maximum Gasteiger partial charge on any atom is 0.407 e. The van der Waals surface area contributed by atoms with Gasteiger partial charge in [-0.2, -0.15) is 13.5 Å². The summed E-state index contributed by atoms with van der Waals surface area (Å²) in [6.07, 6.45) is -1.22. The Bertz CT molecular complexity index is 1310. The van der Waals surface area contributed by atoms with Crippen molar-refractivity contribution in [2.75, 3.05) is 72.9 Å². The first-order valence-corrected chi connectivity index (χ1v) is 16.3. The molecule has 1 aliphatic heterocycles. The van der Waals surface area contributed by atoms with Gasteiger partial charge in [0.1, 0.15) is 6.10 Å². The molecule has 3 aromatic rings. The fourth-order valence-corrected chi connectivity index (χ4v) is 6.45. The van der Waals surface area contributed by atoms with Crippen molar-refractivity contribution in [2.24, 2.45) is 5.92 Å². The van der Waals surface area contributed by atoms with Gasteiger partial charge < -0.3 is 35.0 Å². The van der Waals surface area contributed by atoms with Crippen LogP contribution in [0.4, 0.5) is 9.93 Å². The van der Waals surface area contributed by atoms with E-state index in [0.717, 1.165) is 46.1 Å². The van der Waals surface area contributed by atoms with Crippen LogP contribution in [-0.4, -0.2) is 123 Å². The third-order valence-electron chi connectivity index (χ3n) is 7.75. The van der Waals surface area contributed by atoms with Crippen LogP contribution in [0.3, 0.4) is 0 Å². The summed E-state index contributed by atoms with van der Waals surface area (Å²) in [6, 6.07) is 15.8. The molecular weight excluding hydrogens is 609 g/mol. The number of nitrogens with one attached hydrogen (secondary N) is 2. The molecule has 1 aromatic heterocycles. The second kappa shape index (κ2) is 18.0. The Hall–Kier alpha value is -2.45. The molecule has 4 atom stereocenters. The Morgan fingerprint density at radius 1 is 1.09 bits per heavy atom. The number of aliphatic hydroxyl groups is 1. The summed E-state index contributed by atoms with van der Waals surface area (Å²) in [7, 11) is 8.02. The van der Waals surface area contributed by atoms with Crippen LogP contribution < -0.4 is 10.6 Å². The number of carbonyl (C=O) groups is 1. The van der Waals surface area contributed by atoms with Gasteiger partial charge in [0.2, 0.25) is 0 Å². The molecule has 4 unspecified atom stereocenters. The van der Waals surface area contributed by atoms with E-state index in [-0.39, 0.29) is 25.6 Å². The van der Waals surface area contributed by atoms with Crippen LogP contribution in [-0.2, 0) is 22.4 Å². The molecule has 10 nitrogen and oxygen atoms in total. The Morgan fingerprint density at radius 2 is 1.84 bits per heavy atom. The molecule has 2 heterocycles. The Balaban J connectivity index is 0.00000552. The monoisotopic (exact) mass is 660 g/mol. The summed E-state index contributed by atoms with van der Waals surface area (Å²) >= 11 is 1.66. The molecule has 0 spiro atoms. The third-order valence-corrected chi connectivity index (χ3v) is 8.73. The van der Waals surface area contributed by atoms with E-state index in [1.165, 1.54) is 0 Å². The fourth-order valence-electron chi connectivity index (χ4n) is 5.49. The number of fused-ring (bicyclic) bond motifs is 1. The largest absolute Gasteiger partial charge is 0.442 e. The van der Waals surface area contributed by atoms with E-state index < -0.39 is 18.2 Å². The number of thiazole rings is 1. The molecule has 4 rings (SSSR count). The van der Waals surface area contributed by atoms with Gasteiger partial charge in [0.25, 0.3) is 0 Å². The molecule has 3 N–H and O–H groups in total. The van der Waals surface area contributed by atoms with Crippen molar-refractivity contribution in [1.82, 2.24) is 25.0 Å². The van der Waals surface area contributed by atoms with Crippen molar-refractivity contribution in [3.05, 3.63) is 59.7 Å². The molecule has 250 valence electrons. The van der Waals surface area contributed by atoms with Gasteiger partial charge in [-0.05, 0) is 63.8 Å². The summed E-state index contributed by atoms with van der Waals surface area (Å²) in [4.78, 5) is 24.3. The minimum Gasteiger partial charge on any atom is -0.442 e. The molecule has 1 amide bonds. The van der Waals surface area contributed by atoms with Gasteiger partial charge in [-0.25, -0.2) is 9.78 Å². The highest BCUT2D eigenvalue weighted by Gasteiger charge is 2.34. The predicted molar refractivity (Wildman–Crippen MR) is 189 cm³/mol. The van der Waals surface area contributed by atoms with Crippen LogP contribution in [0.25, 0.3) is 10.2 Å². The van der Waals surface area contributed by atoms with Crippen LogP contribution in [0.2, 0.25) is 0 Å². The van der Waals surface area contributed by atoms with Crippen molar-refractivity contribution in [3.63, 3.8) is 0 Å². The number of ether oxygens (including phenoxy) is 2. The lowest BCUT2D eigenvalue weighted by Crippen LogP contribution is -2.51. The van der Waals surface area contributed by atoms with Crippen molar-refractivity contribution in [3.8, 4) is 0 Å². The van der Waals surface area contributed by atoms with E-state index in [0.29, 0.717) is 38.6 Å². The lowest BCUT2D eigenvalue weighted by molar-refractivity contribution is 0.0430. The maximum absolute atomic E-state index is 13.1. The van der Waals surface area contributed by atoms with E-state index in [2.05, 4.69) is 66.6 Å². The molecule has 0 radical (unpaired) electrons. The zero-order valence-corrected chi connectivity index (χ0v) is 29.3. The van der Waals surface area contributed by atoms with Crippen LogP contribution in [0, 0.1) is 5.92 Å². The lowest BCUT2D eigenvalue weighted by Gasteiger charge is -2.31. The van der Waals surface area contributed by atoms with Crippen LogP contribution in [0.15, 0.2) is 48.5 Å². The maximum atomic E-state index is 13.1. The van der Waals surface area contributed by atoms with Gasteiger partial charge in [-0.15, -0.1) is 0 Å². The lowest BCUT2D eigenvalue weighted by atomic mass is 10.0. The minimum absolute atomic E-state index is 0. The van der Waals surface area contributed by atoms with Crippen molar-refractivity contribution in [1.29, 1.82) is 0 Å². The van der Waals surface area contributed by atoms with Gasteiger partial charge in [0.05, 0.1) is 41.6 Å². The van der Waals surface area contributed by atoms with Gasteiger partial charge in [-0.3, -0.25) is 4.90 Å². The topological polar surface area (TPSA) is 102 Å². The van der Waals surface area contributed by atoms with Crippen LogP contribution >= 0.6 is 24.8 Å². The summed E-state index contributed by atoms with van der Waals surface area (Å²) in [5.74, 6) is 0.401. The molecular formula is C33H52N6O4S2. The molecule has 0 saturated carbocycles. The average molecular weight is 661 g/mol. The second-order valence-electron chi connectivity index (χ2n) is 12.7. The minimum atomic E-state index is -0.814. The average Bonchev–Trinajstić information content (AvgIpc) is 3.59. The molecule has 1 saturated heterocycles. The number of nitrogens with zero attached hydrogens (tertiary/aromatic N) is 4. The van der Waals surface area contributed by atoms with E-state index in [1.807, 2.05) is 49.3 Å². The summed E-state index contributed by atoms with van der Waals surface area (Å²) in [6.45, 7) is 8.92. The number of carbonyl (C=O) groups excluding carboxylic acids is 1. The summed E-state index contributed by atoms with van der Waals surface area (Å²) in [5.41, 5.74) is 3.18. The van der Waals surface area contributed by atoms with Gasteiger partial charge in [0.15, 0.2) is 5.13 Å². The Labute approximate surface area is 279 Å². The van der Waals surface area contributed by atoms with Gasteiger partial charge in [0, 0.05) is 32.7 Å². The number of alkyl carbamates (subject to hydrolysis) is 1. The number of amides is 1. The molecule has 45 heavy (non-hydrogen) atoms. The molecule has 1 aliphatic rings. The first-order valence-electron chi connectivity index (χ1n) is 15.5. The molecule has 12 heteroatoms. The number of anilines is 1. The quantitative estimate of drug-likeness (QED) is 0.211. The van der Waals surface area contributed by atoms with E-state index in [9.17, 15) is 9.90 Å². The summed E-state index contributed by atoms with van der Waals surface area (Å²) < 4.78 is 12.5. The van der Waals surface area contributed by atoms with Crippen LogP contribution in [0.5, 0.6) is 0 Å². The number of benzene rings is 2. The van der Waals surface area contributed by atoms with Gasteiger partial charge >= 0.3 is 6.09 Å². The Morgan fingerprint density at radius 3 is 2.53 bits per heavy atom. The number of hydrogen-bond acceptors (Lipinski definition) is 10. The van der Waals surface area contributed by atoms with Crippen molar-refractivity contribution < 1.29 is 19.4 Å². The number of likely N-dealkylation sites (N-methyl/N-ethyl adjacent to an activating group) is 2. The first-order chi connectivity index (χ1) is 21.1. The molecule has 0 aliphatic carbocycles. The number of aliphatic hydroxyl groups excluding tert-OH is 1. The number of hydrogen-bond donors (Lipinski definition) is 3.